The Morgan fingerprint density at radius 1 is 1.42 bits per heavy atom. The highest BCUT2D eigenvalue weighted by atomic mass is 16.5. The van der Waals surface area contributed by atoms with Crippen molar-refractivity contribution in [3.8, 4) is 5.75 Å². The Balaban J connectivity index is 1.78. The van der Waals surface area contributed by atoms with Crippen molar-refractivity contribution in [3.63, 3.8) is 0 Å². The van der Waals surface area contributed by atoms with Crippen LogP contribution < -0.4 is 15.7 Å². The SMILES string of the molecule is COc1ccccc1C(=O)Nc1ccn(C2O[C@H](CO)CC2O)c(=O)n1. The van der Waals surface area contributed by atoms with Gasteiger partial charge < -0.3 is 25.0 Å². The van der Waals surface area contributed by atoms with Crippen LogP contribution >= 0.6 is 0 Å². The Morgan fingerprint density at radius 2 is 2.19 bits per heavy atom. The van der Waals surface area contributed by atoms with Crippen molar-refractivity contribution in [2.45, 2.75) is 24.9 Å². The topological polar surface area (TPSA) is 123 Å². The summed E-state index contributed by atoms with van der Waals surface area (Å²) < 4.78 is 11.7. The Bertz CT molecular complexity index is 852. The van der Waals surface area contributed by atoms with Crippen LogP contribution in [0.5, 0.6) is 5.75 Å². The first kappa shape index (κ1) is 18.1. The van der Waals surface area contributed by atoms with Crippen LogP contribution in [0.3, 0.4) is 0 Å². The van der Waals surface area contributed by atoms with Crippen molar-refractivity contribution >= 4 is 11.7 Å². The molecule has 2 heterocycles. The molecule has 1 saturated heterocycles. The highest BCUT2D eigenvalue weighted by molar-refractivity contribution is 6.05. The van der Waals surface area contributed by atoms with E-state index in [1.807, 2.05) is 0 Å². The first-order valence-electron chi connectivity index (χ1n) is 8.01. The predicted molar refractivity (Wildman–Crippen MR) is 91.1 cm³/mol. The predicted octanol–water partition coefficient (Wildman–Crippen LogP) is 0.145. The van der Waals surface area contributed by atoms with E-state index in [4.69, 9.17) is 14.6 Å². The van der Waals surface area contributed by atoms with E-state index in [0.717, 1.165) is 4.57 Å². The zero-order chi connectivity index (χ0) is 18.7. The summed E-state index contributed by atoms with van der Waals surface area (Å²) in [5, 5.41) is 21.6. The molecule has 0 spiro atoms. The van der Waals surface area contributed by atoms with Gasteiger partial charge in [0.2, 0.25) is 0 Å². The van der Waals surface area contributed by atoms with Crippen molar-refractivity contribution < 1.29 is 24.5 Å². The Labute approximate surface area is 148 Å². The summed E-state index contributed by atoms with van der Waals surface area (Å²) >= 11 is 0. The Hall–Kier alpha value is -2.75. The van der Waals surface area contributed by atoms with Gasteiger partial charge in [0.1, 0.15) is 17.7 Å². The van der Waals surface area contributed by atoms with Crippen LogP contribution in [0.2, 0.25) is 0 Å². The van der Waals surface area contributed by atoms with Crippen LogP contribution in [0.25, 0.3) is 0 Å². The summed E-state index contributed by atoms with van der Waals surface area (Å²) in [6.45, 7) is -0.247. The molecule has 0 aliphatic carbocycles. The number of anilines is 1. The number of carbonyl (C=O) groups excluding carboxylic acids is 1. The normalized spacial score (nSPS) is 22.2. The van der Waals surface area contributed by atoms with Gasteiger partial charge in [0.25, 0.3) is 5.91 Å². The molecule has 0 saturated carbocycles. The van der Waals surface area contributed by atoms with Crippen LogP contribution in [0.15, 0.2) is 41.3 Å². The number of aliphatic hydroxyl groups is 2. The molecule has 9 heteroatoms. The minimum Gasteiger partial charge on any atom is -0.496 e. The third-order valence-electron chi connectivity index (χ3n) is 4.07. The van der Waals surface area contributed by atoms with E-state index in [-0.39, 0.29) is 18.8 Å². The Kier molecular flexibility index (Phi) is 5.31. The molecule has 9 nitrogen and oxygen atoms in total. The third-order valence-corrected chi connectivity index (χ3v) is 4.07. The van der Waals surface area contributed by atoms with Crippen LogP contribution in [-0.4, -0.2) is 51.6 Å². The number of benzene rings is 1. The maximum atomic E-state index is 12.3. The molecular formula is C17H19N3O6. The molecule has 26 heavy (non-hydrogen) atoms. The lowest BCUT2D eigenvalue weighted by molar-refractivity contribution is -0.0529. The molecule has 0 radical (unpaired) electrons. The van der Waals surface area contributed by atoms with Crippen LogP contribution in [0.1, 0.15) is 23.0 Å². The lowest BCUT2D eigenvalue weighted by Gasteiger charge is -2.17. The van der Waals surface area contributed by atoms with Crippen molar-refractivity contribution in [1.29, 1.82) is 0 Å². The second-order valence-corrected chi connectivity index (χ2v) is 5.79. The smallest absolute Gasteiger partial charge is 0.351 e. The number of rotatable bonds is 5. The van der Waals surface area contributed by atoms with Crippen molar-refractivity contribution in [1.82, 2.24) is 9.55 Å². The molecule has 1 amide bonds. The number of nitrogens with one attached hydrogen (secondary N) is 1. The molecule has 2 aromatic rings. The monoisotopic (exact) mass is 361 g/mol. The molecule has 1 fully saturated rings. The minimum atomic E-state index is -0.930. The quantitative estimate of drug-likeness (QED) is 0.692. The number of hydrogen-bond acceptors (Lipinski definition) is 7. The number of nitrogens with zero attached hydrogens (tertiary/aromatic N) is 2. The molecule has 1 aromatic heterocycles. The van der Waals surface area contributed by atoms with Crippen molar-refractivity contribution in [3.05, 3.63) is 52.6 Å². The summed E-state index contributed by atoms with van der Waals surface area (Å²) in [6.07, 6.45) is -0.792. The first-order chi connectivity index (χ1) is 12.5. The number of hydrogen-bond donors (Lipinski definition) is 3. The largest absolute Gasteiger partial charge is 0.496 e. The molecule has 3 rings (SSSR count). The maximum Gasteiger partial charge on any atom is 0.351 e. The van der Waals surface area contributed by atoms with Gasteiger partial charge in [0, 0.05) is 12.6 Å². The highest BCUT2D eigenvalue weighted by Crippen LogP contribution is 2.27. The van der Waals surface area contributed by atoms with Gasteiger partial charge in [0.15, 0.2) is 6.23 Å². The van der Waals surface area contributed by atoms with E-state index in [2.05, 4.69) is 10.3 Å². The van der Waals surface area contributed by atoms with Gasteiger partial charge in [-0.15, -0.1) is 0 Å². The number of aromatic nitrogens is 2. The molecule has 3 N–H and O–H groups in total. The summed E-state index contributed by atoms with van der Waals surface area (Å²) in [7, 11) is 1.46. The van der Waals surface area contributed by atoms with Crippen molar-refractivity contribution in [2.24, 2.45) is 0 Å². The fourth-order valence-corrected chi connectivity index (χ4v) is 2.79. The summed E-state index contributed by atoms with van der Waals surface area (Å²) in [4.78, 5) is 28.4. The number of ether oxygens (including phenoxy) is 2. The van der Waals surface area contributed by atoms with E-state index in [0.29, 0.717) is 11.3 Å². The van der Waals surface area contributed by atoms with Gasteiger partial charge in [-0.25, -0.2) is 4.79 Å². The Morgan fingerprint density at radius 3 is 2.85 bits per heavy atom. The van der Waals surface area contributed by atoms with E-state index in [1.54, 1.807) is 24.3 Å². The van der Waals surface area contributed by atoms with Crippen molar-refractivity contribution in [2.75, 3.05) is 19.0 Å². The number of amides is 1. The third kappa shape index (κ3) is 3.59. The van der Waals surface area contributed by atoms with Gasteiger partial charge >= 0.3 is 5.69 Å². The van der Waals surface area contributed by atoms with E-state index >= 15 is 0 Å². The van der Waals surface area contributed by atoms with Crippen LogP contribution in [0.4, 0.5) is 5.82 Å². The number of aliphatic hydroxyl groups excluding tert-OH is 2. The molecule has 138 valence electrons. The highest BCUT2D eigenvalue weighted by Gasteiger charge is 2.35. The van der Waals surface area contributed by atoms with E-state index in [1.165, 1.54) is 19.4 Å². The first-order valence-corrected chi connectivity index (χ1v) is 8.01. The minimum absolute atomic E-state index is 0.0633. The standard InChI is InChI=1S/C17H19N3O6/c1-25-13-5-3-2-4-11(13)15(23)18-14-6-7-20(17(24)19-14)16-12(22)8-10(9-21)26-16/h2-7,10,12,16,21-22H,8-9H2,1H3,(H,18,19,23,24)/t10-,12?,16?/m0/s1. The zero-order valence-corrected chi connectivity index (χ0v) is 14.0. The fourth-order valence-electron chi connectivity index (χ4n) is 2.79. The number of para-hydroxylation sites is 1. The number of carbonyl (C=O) groups is 1. The van der Waals surface area contributed by atoms with Gasteiger partial charge in [-0.05, 0) is 18.2 Å². The lowest BCUT2D eigenvalue weighted by Crippen LogP contribution is -2.32. The van der Waals surface area contributed by atoms with Gasteiger partial charge in [-0.1, -0.05) is 12.1 Å². The van der Waals surface area contributed by atoms with Crippen LogP contribution in [0, 0.1) is 0 Å². The van der Waals surface area contributed by atoms with Gasteiger partial charge in [-0.2, -0.15) is 4.98 Å². The van der Waals surface area contributed by atoms with Crippen LogP contribution in [-0.2, 0) is 4.74 Å². The average molecular weight is 361 g/mol. The maximum absolute atomic E-state index is 12.3. The molecule has 3 atom stereocenters. The van der Waals surface area contributed by atoms with Gasteiger partial charge in [0.05, 0.1) is 25.4 Å². The van der Waals surface area contributed by atoms with E-state index in [9.17, 15) is 14.7 Å². The summed E-state index contributed by atoms with van der Waals surface area (Å²) in [5.41, 5.74) is -0.383. The second kappa shape index (κ2) is 7.65. The molecule has 0 bridgehead atoms. The zero-order valence-electron chi connectivity index (χ0n) is 14.0. The van der Waals surface area contributed by atoms with E-state index < -0.39 is 30.0 Å². The lowest BCUT2D eigenvalue weighted by atomic mass is 10.2. The summed E-state index contributed by atoms with van der Waals surface area (Å²) in [5.74, 6) is -0.00573. The number of methoxy groups -OCH3 is 1. The summed E-state index contributed by atoms with van der Waals surface area (Å²) in [6, 6.07) is 8.10. The molecule has 2 unspecified atom stereocenters. The molecule has 1 aliphatic rings. The average Bonchev–Trinajstić information content (AvgIpc) is 3.02. The molecule has 1 aliphatic heterocycles. The molecule has 1 aromatic carbocycles. The van der Waals surface area contributed by atoms with Gasteiger partial charge in [-0.3, -0.25) is 9.36 Å². The molecular weight excluding hydrogens is 342 g/mol. The second-order valence-electron chi connectivity index (χ2n) is 5.79. The fraction of sp³-hybridized carbons (Fsp3) is 0.353.